The number of aliphatic carboxylic acids is 1. The molecule has 0 bridgehead atoms. The van der Waals surface area contributed by atoms with Gasteiger partial charge in [-0.2, -0.15) is 12.6 Å². The van der Waals surface area contributed by atoms with E-state index >= 15 is 0 Å². The third kappa shape index (κ3) is 5.38. The molecule has 0 aromatic heterocycles. The number of carbonyl (C=O) groups excluding carboxylic acids is 1. The molecule has 0 spiro atoms. The first kappa shape index (κ1) is 26.8. The molecule has 2 atom stereocenters. The average Bonchev–Trinajstić information content (AvgIpc) is 2.85. The van der Waals surface area contributed by atoms with Crippen LogP contribution < -0.4 is 10.1 Å². The number of thiol groups is 1. The summed E-state index contributed by atoms with van der Waals surface area (Å²) in [7, 11) is 0. The first-order valence-electron chi connectivity index (χ1n) is 11.3. The van der Waals surface area contributed by atoms with Crippen LogP contribution in [0.4, 0.5) is 0 Å². The van der Waals surface area contributed by atoms with Gasteiger partial charge in [0, 0.05) is 17.0 Å². The third-order valence-electron chi connectivity index (χ3n) is 6.11. The highest BCUT2D eigenvalue weighted by molar-refractivity contribution is 7.80. The van der Waals surface area contributed by atoms with Crippen LogP contribution in [0, 0.1) is 10.1 Å². The summed E-state index contributed by atoms with van der Waals surface area (Å²) in [6.45, 7) is 4.91. The van der Waals surface area contributed by atoms with Crippen molar-refractivity contribution in [3.05, 3.63) is 98.5 Å². The summed E-state index contributed by atoms with van der Waals surface area (Å²) in [5.74, 6) is -3.40. The van der Waals surface area contributed by atoms with Crippen molar-refractivity contribution < 1.29 is 29.1 Å². The number of carboxylic acids is 1. The third-order valence-corrected chi connectivity index (χ3v) is 6.62. The van der Waals surface area contributed by atoms with Gasteiger partial charge in [-0.05, 0) is 31.9 Å². The van der Waals surface area contributed by atoms with E-state index in [9.17, 15) is 24.8 Å². The Morgan fingerprint density at radius 1 is 1.11 bits per heavy atom. The van der Waals surface area contributed by atoms with Crippen LogP contribution in [0.2, 0.25) is 0 Å². The van der Waals surface area contributed by atoms with Crippen molar-refractivity contribution >= 4 is 24.6 Å². The molecule has 10 heteroatoms. The molecule has 36 heavy (non-hydrogen) atoms. The average molecular weight is 513 g/mol. The number of nitrogens with one attached hydrogen (secondary N) is 1. The van der Waals surface area contributed by atoms with E-state index in [2.05, 4.69) is 17.9 Å². The number of hydrogen-bond donors (Lipinski definition) is 3. The van der Waals surface area contributed by atoms with Crippen LogP contribution >= 0.6 is 12.6 Å². The first-order chi connectivity index (χ1) is 17.1. The van der Waals surface area contributed by atoms with E-state index in [1.807, 2.05) is 30.3 Å². The van der Waals surface area contributed by atoms with E-state index in [1.54, 1.807) is 45.0 Å². The molecule has 0 radical (unpaired) electrons. The summed E-state index contributed by atoms with van der Waals surface area (Å²) in [4.78, 5) is 37.1. The number of rotatable bonds is 10. The lowest BCUT2D eigenvalue weighted by molar-refractivity contribution is -0.431. The van der Waals surface area contributed by atoms with Crippen LogP contribution in [0.15, 0.2) is 77.3 Å². The van der Waals surface area contributed by atoms with Gasteiger partial charge in [0.15, 0.2) is 0 Å². The number of carbonyl (C=O) groups is 2. The Morgan fingerprint density at radius 2 is 1.75 bits per heavy atom. The molecular formula is C26H28N2O7S. The van der Waals surface area contributed by atoms with Gasteiger partial charge in [-0.15, -0.1) is 0 Å². The lowest BCUT2D eigenvalue weighted by Crippen LogP contribution is -2.46. The number of carboxylic acid groups (broad SMARTS) is 1. The van der Waals surface area contributed by atoms with Gasteiger partial charge in [-0.3, -0.25) is 10.1 Å². The standard InChI is InChI=1S/C26H28N2O7S/c1-4-26(15-36,25(30)31)35-24(29)21-16(2)27-17(3)23(28(32)33)22(21)19-12-8-9-13-20(19)34-14-18-10-6-5-7-11-18/h5-13,22,27,36H,4,14-15H2,1-3H3,(H,30,31). The monoisotopic (exact) mass is 512 g/mol. The lowest BCUT2D eigenvalue weighted by atomic mass is 9.83. The fourth-order valence-corrected chi connectivity index (χ4v) is 4.52. The summed E-state index contributed by atoms with van der Waals surface area (Å²) < 4.78 is 11.5. The van der Waals surface area contributed by atoms with Crippen LogP contribution in [0.3, 0.4) is 0 Å². The first-order valence-corrected chi connectivity index (χ1v) is 11.9. The van der Waals surface area contributed by atoms with Crippen LogP contribution in [0.1, 0.15) is 44.2 Å². The number of nitro groups is 1. The van der Waals surface area contributed by atoms with Gasteiger partial charge in [0.1, 0.15) is 18.3 Å². The molecule has 2 unspecified atom stereocenters. The molecule has 2 aromatic rings. The summed E-state index contributed by atoms with van der Waals surface area (Å²) in [5, 5.41) is 24.8. The highest BCUT2D eigenvalue weighted by Crippen LogP contribution is 2.43. The van der Waals surface area contributed by atoms with Gasteiger partial charge >= 0.3 is 11.9 Å². The maximum atomic E-state index is 13.5. The minimum Gasteiger partial charge on any atom is -0.489 e. The van der Waals surface area contributed by atoms with Crippen molar-refractivity contribution in [3.8, 4) is 5.75 Å². The molecule has 0 saturated heterocycles. The molecule has 0 saturated carbocycles. The van der Waals surface area contributed by atoms with Crippen molar-refractivity contribution in [1.82, 2.24) is 5.32 Å². The molecular weight excluding hydrogens is 484 g/mol. The zero-order chi connectivity index (χ0) is 26.5. The van der Waals surface area contributed by atoms with Crippen LogP contribution in [-0.2, 0) is 20.9 Å². The number of dihydropyridines is 1. The Bertz CT molecular complexity index is 1220. The molecule has 1 aliphatic heterocycles. The highest BCUT2D eigenvalue weighted by atomic mass is 32.1. The molecule has 1 heterocycles. The van der Waals surface area contributed by atoms with Crippen LogP contribution in [0.5, 0.6) is 5.75 Å². The summed E-state index contributed by atoms with van der Waals surface area (Å²) in [6.07, 6.45) is -0.0320. The molecule has 0 fully saturated rings. The van der Waals surface area contributed by atoms with Gasteiger partial charge in [0.2, 0.25) is 5.60 Å². The smallest absolute Gasteiger partial charge is 0.349 e. The predicted molar refractivity (Wildman–Crippen MR) is 136 cm³/mol. The summed E-state index contributed by atoms with van der Waals surface area (Å²) in [5.41, 5.74) is -0.349. The zero-order valence-electron chi connectivity index (χ0n) is 20.2. The Labute approximate surface area is 214 Å². The van der Waals surface area contributed by atoms with Crippen LogP contribution in [0.25, 0.3) is 0 Å². The second kappa shape index (κ2) is 11.3. The van der Waals surface area contributed by atoms with E-state index < -0.39 is 28.4 Å². The Kier molecular flexibility index (Phi) is 8.41. The van der Waals surface area contributed by atoms with E-state index in [0.717, 1.165) is 5.56 Å². The molecule has 0 amide bonds. The van der Waals surface area contributed by atoms with Crippen molar-refractivity contribution in [3.63, 3.8) is 0 Å². The summed E-state index contributed by atoms with van der Waals surface area (Å²) >= 11 is 4.09. The number of hydrogen-bond acceptors (Lipinski definition) is 8. The van der Waals surface area contributed by atoms with Gasteiger partial charge in [-0.25, -0.2) is 9.59 Å². The van der Waals surface area contributed by atoms with E-state index in [1.165, 1.54) is 0 Å². The Balaban J connectivity index is 2.10. The number of nitrogens with zero attached hydrogens (tertiary/aromatic N) is 1. The van der Waals surface area contributed by atoms with Crippen molar-refractivity contribution in [2.45, 2.75) is 45.3 Å². The lowest BCUT2D eigenvalue weighted by Gasteiger charge is -2.31. The predicted octanol–water partition coefficient (Wildman–Crippen LogP) is 4.44. The number of ether oxygens (including phenoxy) is 2. The number of allylic oxidation sites excluding steroid dienone is 3. The zero-order valence-corrected chi connectivity index (χ0v) is 21.1. The largest absolute Gasteiger partial charge is 0.489 e. The molecule has 3 rings (SSSR count). The highest BCUT2D eigenvalue weighted by Gasteiger charge is 2.46. The quantitative estimate of drug-likeness (QED) is 0.184. The SMILES string of the molecule is CCC(CS)(OC(=O)C1=C(C)NC(C)=C([N+](=O)[O-])C1c1ccccc1OCc1ccccc1)C(=O)O. The van der Waals surface area contributed by atoms with Gasteiger partial charge in [-0.1, -0.05) is 55.5 Å². The molecule has 2 aromatic carbocycles. The topological polar surface area (TPSA) is 128 Å². The van der Waals surface area contributed by atoms with Gasteiger partial charge in [0.05, 0.1) is 16.2 Å². The molecule has 190 valence electrons. The van der Waals surface area contributed by atoms with Gasteiger partial charge in [0.25, 0.3) is 5.70 Å². The maximum Gasteiger partial charge on any atom is 0.349 e. The number of esters is 1. The second-order valence-corrected chi connectivity index (χ2v) is 8.69. The molecule has 1 aliphatic rings. The molecule has 9 nitrogen and oxygen atoms in total. The second-order valence-electron chi connectivity index (χ2n) is 8.38. The van der Waals surface area contributed by atoms with E-state index in [4.69, 9.17) is 9.47 Å². The summed E-state index contributed by atoms with van der Waals surface area (Å²) in [6, 6.07) is 16.2. The number of benzene rings is 2. The normalized spacial score (nSPS) is 17.2. The van der Waals surface area contributed by atoms with Crippen molar-refractivity contribution in [1.29, 1.82) is 0 Å². The van der Waals surface area contributed by atoms with Crippen molar-refractivity contribution in [2.75, 3.05) is 5.75 Å². The minimum atomic E-state index is -1.88. The Hall–Kier alpha value is -3.79. The minimum absolute atomic E-state index is 0.0320. The fourth-order valence-electron chi connectivity index (χ4n) is 4.10. The van der Waals surface area contributed by atoms with E-state index in [-0.39, 0.29) is 35.7 Å². The Morgan fingerprint density at radius 3 is 2.33 bits per heavy atom. The van der Waals surface area contributed by atoms with Crippen molar-refractivity contribution in [2.24, 2.45) is 0 Å². The van der Waals surface area contributed by atoms with E-state index in [0.29, 0.717) is 17.0 Å². The maximum absolute atomic E-state index is 13.5. The number of para-hydroxylation sites is 1. The molecule has 0 aliphatic carbocycles. The van der Waals surface area contributed by atoms with Gasteiger partial charge < -0.3 is 19.9 Å². The molecule has 2 N–H and O–H groups in total. The fraction of sp³-hybridized carbons (Fsp3) is 0.308. The van der Waals surface area contributed by atoms with Crippen LogP contribution in [-0.4, -0.2) is 33.3 Å².